The van der Waals surface area contributed by atoms with Crippen LogP contribution < -0.4 is 10.1 Å². The van der Waals surface area contributed by atoms with Crippen LogP contribution in [0.15, 0.2) is 59.8 Å². The molecule has 0 saturated carbocycles. The summed E-state index contributed by atoms with van der Waals surface area (Å²) in [6.45, 7) is 5.76. The molecule has 0 saturated heterocycles. The number of ether oxygens (including phenoxy) is 1. The van der Waals surface area contributed by atoms with Crippen LogP contribution in [0.2, 0.25) is 0 Å². The lowest BCUT2D eigenvalue weighted by Crippen LogP contribution is -2.17. The number of aromatic nitrogens is 5. The van der Waals surface area contributed by atoms with Crippen molar-refractivity contribution in [3.8, 4) is 11.4 Å². The summed E-state index contributed by atoms with van der Waals surface area (Å²) in [6.07, 6.45) is -3.93. The number of amides is 1. The van der Waals surface area contributed by atoms with Crippen molar-refractivity contribution in [3.05, 3.63) is 82.9 Å². The van der Waals surface area contributed by atoms with E-state index in [0.29, 0.717) is 22.2 Å². The summed E-state index contributed by atoms with van der Waals surface area (Å²) < 4.78 is 43.0. The molecule has 12 heteroatoms. The molecule has 0 fully saturated rings. The van der Waals surface area contributed by atoms with E-state index >= 15 is 0 Å². The number of nitrogens with zero attached hydrogens (tertiary/aromatic N) is 5. The van der Waals surface area contributed by atoms with Crippen LogP contribution in [-0.4, -0.2) is 37.2 Å². The summed E-state index contributed by atoms with van der Waals surface area (Å²) in [4.78, 5) is 22.0. The fraction of sp³-hybridized carbons (Fsp3) is 0.240. The number of carbonyl (C=O) groups is 1. The largest absolute Gasteiger partial charge is 0.573 e. The number of rotatable bonds is 8. The summed E-state index contributed by atoms with van der Waals surface area (Å²) >= 11 is 1.29. The molecule has 37 heavy (non-hydrogen) atoms. The Bertz CT molecular complexity index is 1370. The average molecular weight is 529 g/mol. The van der Waals surface area contributed by atoms with Crippen LogP contribution in [-0.2, 0) is 12.2 Å². The minimum atomic E-state index is -4.80. The first-order valence-electron chi connectivity index (χ1n) is 11.3. The van der Waals surface area contributed by atoms with Gasteiger partial charge in [-0.05, 0) is 68.3 Å². The Morgan fingerprint density at radius 1 is 1.03 bits per heavy atom. The second-order valence-corrected chi connectivity index (χ2v) is 9.01. The molecule has 2 aromatic heterocycles. The topological polar surface area (TPSA) is 94.8 Å². The number of carbonyl (C=O) groups excluding carboxylic acids is 1. The van der Waals surface area contributed by atoms with Crippen molar-refractivity contribution in [3.63, 3.8) is 0 Å². The molecule has 1 N–H and O–H groups in total. The van der Waals surface area contributed by atoms with Crippen LogP contribution in [0.4, 0.5) is 18.9 Å². The van der Waals surface area contributed by atoms with Gasteiger partial charge in [-0.15, -0.1) is 18.3 Å². The van der Waals surface area contributed by atoms with Crippen molar-refractivity contribution in [2.45, 2.75) is 44.5 Å². The molecule has 0 radical (unpaired) electrons. The highest BCUT2D eigenvalue weighted by Crippen LogP contribution is 2.27. The predicted octanol–water partition coefficient (Wildman–Crippen LogP) is 5.68. The van der Waals surface area contributed by atoms with Gasteiger partial charge >= 0.3 is 6.36 Å². The zero-order valence-corrected chi connectivity index (χ0v) is 21.0. The van der Waals surface area contributed by atoms with Crippen molar-refractivity contribution < 1.29 is 22.7 Å². The summed E-state index contributed by atoms with van der Waals surface area (Å²) in [5.74, 6) is -0.609. The number of anilines is 1. The highest BCUT2D eigenvalue weighted by Gasteiger charge is 2.31. The van der Waals surface area contributed by atoms with Crippen LogP contribution >= 0.6 is 11.8 Å². The van der Waals surface area contributed by atoms with Gasteiger partial charge in [-0.25, -0.2) is 14.6 Å². The molecule has 2 heterocycles. The fourth-order valence-electron chi connectivity index (χ4n) is 3.51. The van der Waals surface area contributed by atoms with Gasteiger partial charge in [0, 0.05) is 22.8 Å². The smallest absolute Gasteiger partial charge is 0.406 e. The minimum Gasteiger partial charge on any atom is -0.406 e. The third-order valence-electron chi connectivity index (χ3n) is 5.21. The molecule has 4 rings (SSSR count). The average Bonchev–Trinajstić information content (AvgIpc) is 3.26. The Hall–Kier alpha value is -3.93. The van der Waals surface area contributed by atoms with E-state index in [-0.39, 0.29) is 17.2 Å². The minimum absolute atomic E-state index is 0.0760. The lowest BCUT2D eigenvalue weighted by atomic mass is 10.1. The Kier molecular flexibility index (Phi) is 7.77. The number of aryl methyl sites for hydroxylation is 3. The van der Waals surface area contributed by atoms with Crippen molar-refractivity contribution >= 4 is 23.4 Å². The van der Waals surface area contributed by atoms with Crippen molar-refractivity contribution in [2.75, 3.05) is 5.32 Å². The number of benzene rings is 2. The molecule has 192 valence electrons. The monoisotopic (exact) mass is 528 g/mol. The maximum absolute atomic E-state index is 13.2. The third-order valence-corrected chi connectivity index (χ3v) is 6.07. The molecule has 0 bridgehead atoms. The SMILES string of the molecule is CCc1ccc(NC(=O)c2nnn(-c3ccc(OC(F)(F)F)cc3)c2CSc2nc(C)cc(C)n2)cc1. The predicted molar refractivity (Wildman–Crippen MR) is 133 cm³/mol. The highest BCUT2D eigenvalue weighted by molar-refractivity contribution is 7.98. The standard InChI is InChI=1S/C25H23F3N6O2S/c1-4-17-5-7-18(8-6-17)31-23(35)22-21(14-37-24-29-15(2)13-16(3)30-24)34(33-32-22)19-9-11-20(12-10-19)36-25(26,27)28/h5-13H,4,14H2,1-3H3,(H,31,35). The van der Waals surface area contributed by atoms with E-state index in [2.05, 4.69) is 30.3 Å². The maximum atomic E-state index is 13.2. The molecule has 0 unspecified atom stereocenters. The normalized spacial score (nSPS) is 11.4. The van der Waals surface area contributed by atoms with Gasteiger partial charge in [0.1, 0.15) is 5.75 Å². The van der Waals surface area contributed by atoms with E-state index in [9.17, 15) is 18.0 Å². The van der Waals surface area contributed by atoms with E-state index < -0.39 is 12.3 Å². The van der Waals surface area contributed by atoms with Gasteiger partial charge < -0.3 is 10.1 Å². The van der Waals surface area contributed by atoms with E-state index in [4.69, 9.17) is 0 Å². The molecule has 0 spiro atoms. The van der Waals surface area contributed by atoms with E-state index in [1.165, 1.54) is 40.7 Å². The quantitative estimate of drug-likeness (QED) is 0.232. The van der Waals surface area contributed by atoms with Crippen LogP contribution in [0.3, 0.4) is 0 Å². The fourth-order valence-corrected chi connectivity index (χ4v) is 4.45. The molecule has 0 atom stereocenters. The molecule has 0 aliphatic carbocycles. The van der Waals surface area contributed by atoms with Gasteiger partial charge in [0.25, 0.3) is 5.91 Å². The lowest BCUT2D eigenvalue weighted by molar-refractivity contribution is -0.274. The van der Waals surface area contributed by atoms with Gasteiger partial charge in [-0.1, -0.05) is 36.0 Å². The Morgan fingerprint density at radius 3 is 2.27 bits per heavy atom. The van der Waals surface area contributed by atoms with E-state index in [0.717, 1.165) is 23.4 Å². The van der Waals surface area contributed by atoms with Crippen LogP contribution in [0, 0.1) is 13.8 Å². The lowest BCUT2D eigenvalue weighted by Gasteiger charge is -2.11. The number of halogens is 3. The molecule has 4 aromatic rings. The maximum Gasteiger partial charge on any atom is 0.573 e. The number of hydrogen-bond acceptors (Lipinski definition) is 7. The Balaban J connectivity index is 1.64. The second kappa shape index (κ2) is 11.0. The van der Waals surface area contributed by atoms with Gasteiger partial charge in [-0.2, -0.15) is 0 Å². The zero-order valence-electron chi connectivity index (χ0n) is 20.2. The molecule has 0 aliphatic rings. The first-order chi connectivity index (χ1) is 17.6. The molecule has 1 amide bonds. The third kappa shape index (κ3) is 6.85. The summed E-state index contributed by atoms with van der Waals surface area (Å²) in [5, 5.41) is 11.5. The van der Waals surface area contributed by atoms with Crippen molar-refractivity contribution in [1.29, 1.82) is 0 Å². The van der Waals surface area contributed by atoms with E-state index in [1.54, 1.807) is 12.1 Å². The van der Waals surface area contributed by atoms with Gasteiger partial charge in [0.15, 0.2) is 10.9 Å². The molecule has 0 aliphatic heterocycles. The van der Waals surface area contributed by atoms with Crippen LogP contribution in [0.25, 0.3) is 5.69 Å². The number of nitrogens with one attached hydrogen (secondary N) is 1. The van der Waals surface area contributed by atoms with Crippen molar-refractivity contribution in [2.24, 2.45) is 0 Å². The number of alkyl halides is 3. The zero-order chi connectivity index (χ0) is 26.6. The highest BCUT2D eigenvalue weighted by atomic mass is 32.2. The van der Waals surface area contributed by atoms with E-state index in [1.807, 2.05) is 39.0 Å². The molecular weight excluding hydrogens is 505 g/mol. The molecular formula is C25H23F3N6O2S. The van der Waals surface area contributed by atoms with Gasteiger partial charge in [0.05, 0.1) is 11.4 Å². The summed E-state index contributed by atoms with van der Waals surface area (Å²) in [5.41, 5.74) is 4.25. The Morgan fingerprint density at radius 2 is 1.68 bits per heavy atom. The number of thioether (sulfide) groups is 1. The van der Waals surface area contributed by atoms with Gasteiger partial charge in [0.2, 0.25) is 0 Å². The first kappa shape index (κ1) is 26.1. The van der Waals surface area contributed by atoms with Crippen LogP contribution in [0.1, 0.15) is 40.1 Å². The first-order valence-corrected chi connectivity index (χ1v) is 12.3. The Labute approximate surface area is 215 Å². The van der Waals surface area contributed by atoms with Crippen molar-refractivity contribution in [1.82, 2.24) is 25.0 Å². The van der Waals surface area contributed by atoms with Gasteiger partial charge in [-0.3, -0.25) is 4.79 Å². The molecule has 8 nitrogen and oxygen atoms in total. The molecule has 2 aromatic carbocycles. The van der Waals surface area contributed by atoms with Crippen LogP contribution in [0.5, 0.6) is 5.75 Å². The number of hydrogen-bond donors (Lipinski definition) is 1. The summed E-state index contributed by atoms with van der Waals surface area (Å²) in [6, 6.07) is 14.5. The summed E-state index contributed by atoms with van der Waals surface area (Å²) in [7, 11) is 0. The second-order valence-electron chi connectivity index (χ2n) is 8.06.